The molecular weight excluding hydrogens is 310 g/mol. The van der Waals surface area contributed by atoms with E-state index in [2.05, 4.69) is 41.6 Å². The van der Waals surface area contributed by atoms with Gasteiger partial charge in [0.2, 0.25) is 0 Å². The predicted molar refractivity (Wildman–Crippen MR) is 97.4 cm³/mol. The van der Waals surface area contributed by atoms with E-state index in [-0.39, 0.29) is 5.41 Å². The Balaban J connectivity index is 2.15. The number of rotatable bonds is 5. The lowest BCUT2D eigenvalue weighted by Gasteiger charge is -2.39. The summed E-state index contributed by atoms with van der Waals surface area (Å²) < 4.78 is 5.58. The zero-order valence-corrected chi connectivity index (χ0v) is 15.1. The molecular formula is C18H28ClN3O. The molecule has 23 heavy (non-hydrogen) atoms. The quantitative estimate of drug-likeness (QED) is 0.639. The van der Waals surface area contributed by atoms with Crippen LogP contribution in [0.2, 0.25) is 5.02 Å². The Kier molecular flexibility index (Phi) is 6.72. The van der Waals surface area contributed by atoms with Crippen molar-refractivity contribution in [1.82, 2.24) is 10.6 Å². The topological polar surface area (TPSA) is 45.7 Å². The highest BCUT2D eigenvalue weighted by Gasteiger charge is 2.36. The average Bonchev–Trinajstić information content (AvgIpc) is 2.59. The number of aliphatic imine (C=N–C) groups is 1. The van der Waals surface area contributed by atoms with Gasteiger partial charge in [-0.3, -0.25) is 4.99 Å². The zero-order valence-electron chi connectivity index (χ0n) is 14.4. The smallest absolute Gasteiger partial charge is 0.191 e. The molecule has 0 spiro atoms. The molecule has 1 aromatic carbocycles. The Morgan fingerprint density at radius 3 is 2.65 bits per heavy atom. The van der Waals surface area contributed by atoms with E-state index in [1.807, 2.05) is 19.2 Å². The third-order valence-corrected chi connectivity index (χ3v) is 5.04. The van der Waals surface area contributed by atoms with Crippen LogP contribution in [0.15, 0.2) is 29.3 Å². The molecule has 2 N–H and O–H groups in total. The maximum Gasteiger partial charge on any atom is 0.191 e. The van der Waals surface area contributed by atoms with E-state index in [0.717, 1.165) is 50.0 Å². The summed E-state index contributed by atoms with van der Waals surface area (Å²) in [6, 6.07) is 8.55. The maximum absolute atomic E-state index is 6.49. The summed E-state index contributed by atoms with van der Waals surface area (Å²) in [6.45, 7) is 6.66. The molecule has 1 aromatic rings. The van der Waals surface area contributed by atoms with Crippen molar-refractivity contribution < 1.29 is 4.74 Å². The standard InChI is InChI=1S/C18H28ClN3O/c1-4-14(2)22-17(20-3)21-13-18(9-11-23-12-10-18)15-7-5-6-8-16(15)19/h5-8,14H,4,9-13H2,1-3H3,(H2,20,21,22). The molecule has 4 nitrogen and oxygen atoms in total. The molecule has 1 heterocycles. The summed E-state index contributed by atoms with van der Waals surface area (Å²) in [5.41, 5.74) is 1.19. The largest absolute Gasteiger partial charge is 0.381 e. The Morgan fingerprint density at radius 1 is 1.35 bits per heavy atom. The van der Waals surface area contributed by atoms with Crippen LogP contribution in [-0.2, 0) is 10.2 Å². The summed E-state index contributed by atoms with van der Waals surface area (Å²) in [5.74, 6) is 0.845. The van der Waals surface area contributed by atoms with E-state index in [9.17, 15) is 0 Å². The van der Waals surface area contributed by atoms with Crippen molar-refractivity contribution in [2.24, 2.45) is 4.99 Å². The molecule has 0 amide bonds. The van der Waals surface area contributed by atoms with E-state index in [0.29, 0.717) is 6.04 Å². The van der Waals surface area contributed by atoms with Gasteiger partial charge in [-0.25, -0.2) is 0 Å². The van der Waals surface area contributed by atoms with Crippen molar-refractivity contribution in [2.45, 2.75) is 44.6 Å². The van der Waals surface area contributed by atoms with Gasteiger partial charge in [0.25, 0.3) is 0 Å². The number of nitrogens with zero attached hydrogens (tertiary/aromatic N) is 1. The van der Waals surface area contributed by atoms with Gasteiger partial charge in [-0.15, -0.1) is 0 Å². The minimum absolute atomic E-state index is 0.0103. The van der Waals surface area contributed by atoms with Gasteiger partial charge in [-0.1, -0.05) is 36.7 Å². The van der Waals surface area contributed by atoms with Gasteiger partial charge in [-0.05, 0) is 37.8 Å². The van der Waals surface area contributed by atoms with Gasteiger partial charge in [-0.2, -0.15) is 0 Å². The van der Waals surface area contributed by atoms with Crippen LogP contribution >= 0.6 is 11.6 Å². The van der Waals surface area contributed by atoms with Crippen molar-refractivity contribution in [2.75, 3.05) is 26.8 Å². The lowest BCUT2D eigenvalue weighted by Crippen LogP contribution is -2.49. The number of guanidine groups is 1. The molecule has 1 saturated heterocycles. The first-order valence-electron chi connectivity index (χ1n) is 8.41. The monoisotopic (exact) mass is 337 g/mol. The molecule has 1 aliphatic rings. The molecule has 0 radical (unpaired) electrons. The van der Waals surface area contributed by atoms with E-state index >= 15 is 0 Å². The van der Waals surface area contributed by atoms with Crippen molar-refractivity contribution in [3.63, 3.8) is 0 Å². The summed E-state index contributed by atoms with van der Waals surface area (Å²) >= 11 is 6.49. The Hall–Kier alpha value is -1.26. The number of benzene rings is 1. The van der Waals surface area contributed by atoms with E-state index in [4.69, 9.17) is 16.3 Å². The van der Waals surface area contributed by atoms with E-state index < -0.39 is 0 Å². The molecule has 1 unspecified atom stereocenters. The number of nitrogens with one attached hydrogen (secondary N) is 2. The fourth-order valence-corrected chi connectivity index (χ4v) is 3.31. The number of hydrogen-bond donors (Lipinski definition) is 2. The van der Waals surface area contributed by atoms with Crippen LogP contribution in [-0.4, -0.2) is 38.8 Å². The predicted octanol–water partition coefficient (Wildman–Crippen LogP) is 3.35. The zero-order chi connectivity index (χ0) is 16.7. The highest BCUT2D eigenvalue weighted by Crippen LogP contribution is 2.38. The molecule has 0 aromatic heterocycles. The van der Waals surface area contributed by atoms with Crippen molar-refractivity contribution >= 4 is 17.6 Å². The van der Waals surface area contributed by atoms with Crippen LogP contribution in [0.5, 0.6) is 0 Å². The summed E-state index contributed by atoms with van der Waals surface area (Å²) in [5, 5.41) is 7.74. The van der Waals surface area contributed by atoms with Crippen molar-refractivity contribution in [1.29, 1.82) is 0 Å². The molecule has 128 valence electrons. The van der Waals surface area contributed by atoms with Crippen molar-refractivity contribution in [3.8, 4) is 0 Å². The number of halogens is 1. The molecule has 0 aliphatic carbocycles. The minimum Gasteiger partial charge on any atom is -0.381 e. The van der Waals surface area contributed by atoms with Crippen LogP contribution in [0.4, 0.5) is 0 Å². The minimum atomic E-state index is -0.0103. The molecule has 5 heteroatoms. The number of ether oxygens (including phenoxy) is 1. The van der Waals surface area contributed by atoms with Gasteiger partial charge >= 0.3 is 0 Å². The summed E-state index contributed by atoms with van der Waals surface area (Å²) in [4.78, 5) is 4.34. The fraction of sp³-hybridized carbons (Fsp3) is 0.611. The molecule has 1 atom stereocenters. The van der Waals surface area contributed by atoms with Crippen LogP contribution in [0.1, 0.15) is 38.7 Å². The lowest BCUT2D eigenvalue weighted by molar-refractivity contribution is 0.0514. The molecule has 2 rings (SSSR count). The first-order valence-corrected chi connectivity index (χ1v) is 8.79. The average molecular weight is 338 g/mol. The van der Waals surface area contributed by atoms with Gasteiger partial charge in [0, 0.05) is 43.3 Å². The van der Waals surface area contributed by atoms with E-state index in [1.54, 1.807) is 0 Å². The summed E-state index contributed by atoms with van der Waals surface area (Å²) in [6.07, 6.45) is 2.98. The lowest BCUT2D eigenvalue weighted by atomic mass is 9.74. The number of hydrogen-bond acceptors (Lipinski definition) is 2. The third kappa shape index (κ3) is 4.61. The highest BCUT2D eigenvalue weighted by atomic mass is 35.5. The summed E-state index contributed by atoms with van der Waals surface area (Å²) in [7, 11) is 1.81. The first kappa shape index (κ1) is 18.1. The Morgan fingerprint density at radius 2 is 2.04 bits per heavy atom. The van der Waals surface area contributed by atoms with Gasteiger partial charge in [0.05, 0.1) is 0 Å². The maximum atomic E-state index is 6.49. The first-order chi connectivity index (χ1) is 11.1. The van der Waals surface area contributed by atoms with Crippen LogP contribution in [0, 0.1) is 0 Å². The van der Waals surface area contributed by atoms with E-state index in [1.165, 1.54) is 5.56 Å². The second-order valence-corrected chi connectivity index (χ2v) is 6.66. The Labute approximate surface area is 144 Å². The molecule has 0 bridgehead atoms. The molecule has 1 aliphatic heterocycles. The molecule has 1 fully saturated rings. The SMILES string of the molecule is CCC(C)NC(=NC)NCC1(c2ccccc2Cl)CCOCC1. The highest BCUT2D eigenvalue weighted by molar-refractivity contribution is 6.31. The Bertz CT molecular complexity index is 527. The van der Waals surface area contributed by atoms with Crippen LogP contribution in [0.25, 0.3) is 0 Å². The third-order valence-electron chi connectivity index (χ3n) is 4.71. The second-order valence-electron chi connectivity index (χ2n) is 6.25. The van der Waals surface area contributed by atoms with Crippen LogP contribution in [0.3, 0.4) is 0 Å². The second kappa shape index (κ2) is 8.55. The normalized spacial score (nSPS) is 19.2. The fourth-order valence-electron chi connectivity index (χ4n) is 2.98. The van der Waals surface area contributed by atoms with Crippen LogP contribution < -0.4 is 10.6 Å². The molecule has 0 saturated carbocycles. The van der Waals surface area contributed by atoms with Gasteiger partial charge in [0.1, 0.15) is 0 Å². The van der Waals surface area contributed by atoms with Crippen molar-refractivity contribution in [3.05, 3.63) is 34.9 Å². The van der Waals surface area contributed by atoms with Gasteiger partial charge in [0.15, 0.2) is 5.96 Å². The van der Waals surface area contributed by atoms with Gasteiger partial charge < -0.3 is 15.4 Å².